The maximum Gasteiger partial charge on any atom is 0.254 e. The van der Waals surface area contributed by atoms with E-state index < -0.39 is 23.0 Å². The molecule has 5 nitrogen and oxygen atoms in total. The van der Waals surface area contributed by atoms with Crippen LogP contribution >= 0.6 is 0 Å². The van der Waals surface area contributed by atoms with Crippen LogP contribution in [0.25, 0.3) is 0 Å². The van der Waals surface area contributed by atoms with E-state index in [1.807, 2.05) is 0 Å². The third-order valence-corrected chi connectivity index (χ3v) is 2.32. The van der Waals surface area contributed by atoms with Gasteiger partial charge in [-0.25, -0.2) is 0 Å². The van der Waals surface area contributed by atoms with Crippen LogP contribution < -0.4 is 0 Å². The van der Waals surface area contributed by atoms with Crippen LogP contribution in [0.5, 0.6) is 0 Å². The summed E-state index contributed by atoms with van der Waals surface area (Å²) >= 11 is 0. The Labute approximate surface area is 68.2 Å². The van der Waals surface area contributed by atoms with Gasteiger partial charge in [0.2, 0.25) is 0 Å². The first kappa shape index (κ1) is 7.42. The van der Waals surface area contributed by atoms with Gasteiger partial charge in [-0.3, -0.25) is 10.1 Å². The lowest BCUT2D eigenvalue weighted by Gasteiger charge is -2.11. The predicted octanol–water partition coefficient (Wildman–Crippen LogP) is -0.216. The summed E-state index contributed by atoms with van der Waals surface area (Å²) in [6.07, 6.45) is 3.10. The van der Waals surface area contributed by atoms with E-state index in [0.717, 1.165) is 0 Å². The molecule has 0 amide bonds. The zero-order valence-electron chi connectivity index (χ0n) is 6.12. The fourth-order valence-corrected chi connectivity index (χ4v) is 1.74. The van der Waals surface area contributed by atoms with Gasteiger partial charge in [-0.2, -0.15) is 0 Å². The van der Waals surface area contributed by atoms with Crippen LogP contribution in [0.1, 0.15) is 0 Å². The second-order valence-corrected chi connectivity index (χ2v) is 2.94. The molecule has 0 N–H and O–H groups in total. The lowest BCUT2D eigenvalue weighted by Crippen LogP contribution is -2.37. The number of fused-ring (bicyclic) bond motifs is 2. The Morgan fingerprint density at radius 2 is 2.08 bits per heavy atom. The van der Waals surface area contributed by atoms with E-state index in [1.54, 1.807) is 12.2 Å². The molecule has 0 spiro atoms. The van der Waals surface area contributed by atoms with Crippen molar-refractivity contribution >= 4 is 6.29 Å². The summed E-state index contributed by atoms with van der Waals surface area (Å²) in [5.41, 5.74) is 0. The highest BCUT2D eigenvalue weighted by Gasteiger charge is 2.53. The number of nitrogens with zero attached hydrogens (tertiary/aromatic N) is 1. The smallest absolute Gasteiger partial charge is 0.254 e. The lowest BCUT2D eigenvalue weighted by molar-refractivity contribution is -0.529. The normalized spacial score (nSPS) is 43.3. The van der Waals surface area contributed by atoms with Crippen LogP contribution in [-0.4, -0.2) is 29.5 Å². The predicted molar refractivity (Wildman–Crippen MR) is 38.1 cm³/mol. The van der Waals surface area contributed by atoms with Crippen molar-refractivity contribution < 1.29 is 14.5 Å². The molecule has 2 heterocycles. The summed E-state index contributed by atoms with van der Waals surface area (Å²) in [4.78, 5) is 20.5. The maximum atomic E-state index is 10.5. The fourth-order valence-electron chi connectivity index (χ4n) is 1.74. The van der Waals surface area contributed by atoms with Gasteiger partial charge in [0.1, 0.15) is 18.3 Å². The van der Waals surface area contributed by atoms with Gasteiger partial charge >= 0.3 is 0 Å². The van der Waals surface area contributed by atoms with Crippen molar-refractivity contribution in [2.45, 2.75) is 18.2 Å². The Morgan fingerprint density at radius 3 is 2.58 bits per heavy atom. The number of aldehydes is 1. The number of hydrogen-bond donors (Lipinski definition) is 0. The van der Waals surface area contributed by atoms with Crippen molar-refractivity contribution in [3.05, 3.63) is 22.3 Å². The fraction of sp³-hybridized carbons (Fsp3) is 0.571. The van der Waals surface area contributed by atoms with E-state index in [9.17, 15) is 14.9 Å². The Hall–Kier alpha value is -1.23. The molecule has 12 heavy (non-hydrogen) atoms. The molecule has 4 atom stereocenters. The van der Waals surface area contributed by atoms with E-state index >= 15 is 0 Å². The summed E-state index contributed by atoms with van der Waals surface area (Å²) in [5.74, 6) is -0.602. The number of rotatable bonds is 2. The van der Waals surface area contributed by atoms with Crippen LogP contribution in [0, 0.1) is 16.0 Å². The summed E-state index contributed by atoms with van der Waals surface area (Å²) in [5, 5.41) is 10.5. The molecule has 0 aromatic rings. The second-order valence-electron chi connectivity index (χ2n) is 2.94. The number of carbonyl (C=O) groups is 1. The minimum atomic E-state index is -0.877. The molecular weight excluding hydrogens is 162 g/mol. The van der Waals surface area contributed by atoms with Gasteiger partial charge in [-0.1, -0.05) is 12.2 Å². The van der Waals surface area contributed by atoms with Crippen molar-refractivity contribution in [3.63, 3.8) is 0 Å². The van der Waals surface area contributed by atoms with E-state index in [-0.39, 0.29) is 6.10 Å². The molecule has 2 aliphatic rings. The minimum Gasteiger partial charge on any atom is -0.359 e. The Bertz CT molecular complexity index is 262. The quantitative estimate of drug-likeness (QED) is 0.248. The van der Waals surface area contributed by atoms with E-state index in [2.05, 4.69) is 0 Å². The zero-order valence-corrected chi connectivity index (χ0v) is 6.12. The first-order valence-electron chi connectivity index (χ1n) is 3.66. The van der Waals surface area contributed by atoms with Gasteiger partial charge < -0.3 is 9.53 Å². The molecule has 2 aliphatic heterocycles. The third kappa shape index (κ3) is 0.797. The number of nitro groups is 1. The summed E-state index contributed by atoms with van der Waals surface area (Å²) < 4.78 is 5.17. The topological polar surface area (TPSA) is 69.4 Å². The Kier molecular flexibility index (Phi) is 1.47. The summed E-state index contributed by atoms with van der Waals surface area (Å²) in [6, 6.07) is -0.877. The molecular formula is C7H7NO4. The minimum absolute atomic E-state index is 0.372. The maximum absolute atomic E-state index is 10.5. The van der Waals surface area contributed by atoms with Crippen molar-refractivity contribution in [1.82, 2.24) is 0 Å². The summed E-state index contributed by atoms with van der Waals surface area (Å²) in [6.45, 7) is 0. The number of hydrogen-bond acceptors (Lipinski definition) is 4. The number of carbonyl (C=O) groups excluding carboxylic acids is 1. The van der Waals surface area contributed by atoms with Gasteiger partial charge in [0, 0.05) is 4.92 Å². The van der Waals surface area contributed by atoms with E-state index in [0.29, 0.717) is 6.29 Å². The molecule has 4 unspecified atom stereocenters. The van der Waals surface area contributed by atoms with Crippen LogP contribution in [-0.2, 0) is 9.53 Å². The Morgan fingerprint density at radius 1 is 1.42 bits per heavy atom. The molecule has 1 saturated heterocycles. The standard InChI is InChI=1S/C7H7NO4/c9-3-4-5-1-2-6(12-5)7(4)8(10)11/h1-7H. The molecule has 0 radical (unpaired) electrons. The first-order valence-corrected chi connectivity index (χ1v) is 3.66. The summed E-state index contributed by atoms with van der Waals surface area (Å²) in [7, 11) is 0. The molecule has 0 aromatic heterocycles. The molecule has 0 aromatic carbocycles. The van der Waals surface area contributed by atoms with Gasteiger partial charge in [0.25, 0.3) is 6.04 Å². The van der Waals surface area contributed by atoms with Gasteiger partial charge in [-0.15, -0.1) is 0 Å². The molecule has 64 valence electrons. The van der Waals surface area contributed by atoms with Crippen LogP contribution in [0.4, 0.5) is 0 Å². The zero-order chi connectivity index (χ0) is 8.72. The molecule has 2 rings (SSSR count). The highest BCUT2D eigenvalue weighted by molar-refractivity contribution is 5.58. The van der Waals surface area contributed by atoms with E-state index in [4.69, 9.17) is 4.74 Å². The molecule has 5 heteroatoms. The highest BCUT2D eigenvalue weighted by Crippen LogP contribution is 2.34. The Balaban J connectivity index is 2.28. The molecule has 0 saturated carbocycles. The van der Waals surface area contributed by atoms with Crippen LogP contribution in [0.15, 0.2) is 12.2 Å². The molecule has 0 aliphatic carbocycles. The van der Waals surface area contributed by atoms with Gasteiger partial charge in [-0.05, 0) is 0 Å². The second kappa shape index (κ2) is 2.38. The highest BCUT2D eigenvalue weighted by atomic mass is 16.6. The van der Waals surface area contributed by atoms with Crippen molar-refractivity contribution in [1.29, 1.82) is 0 Å². The monoisotopic (exact) mass is 169 g/mol. The largest absolute Gasteiger partial charge is 0.359 e. The first-order chi connectivity index (χ1) is 5.74. The van der Waals surface area contributed by atoms with Crippen molar-refractivity contribution in [2.24, 2.45) is 5.92 Å². The van der Waals surface area contributed by atoms with Crippen molar-refractivity contribution in [2.75, 3.05) is 0 Å². The van der Waals surface area contributed by atoms with E-state index in [1.165, 1.54) is 0 Å². The van der Waals surface area contributed by atoms with Crippen LogP contribution in [0.3, 0.4) is 0 Å². The average Bonchev–Trinajstić information content (AvgIpc) is 2.60. The molecule has 2 bridgehead atoms. The van der Waals surface area contributed by atoms with Crippen LogP contribution in [0.2, 0.25) is 0 Å². The molecule has 1 fully saturated rings. The van der Waals surface area contributed by atoms with Gasteiger partial charge in [0.15, 0.2) is 0 Å². The SMILES string of the molecule is O=CC1C2C=CC(O2)C1[N+](=O)[O-]. The third-order valence-electron chi connectivity index (χ3n) is 2.32. The lowest BCUT2D eigenvalue weighted by atomic mass is 9.91. The number of ether oxygens (including phenoxy) is 1. The van der Waals surface area contributed by atoms with Gasteiger partial charge in [0.05, 0.1) is 6.10 Å². The van der Waals surface area contributed by atoms with Crippen molar-refractivity contribution in [3.8, 4) is 0 Å². The average molecular weight is 169 g/mol.